The Labute approximate surface area is 112 Å². The van der Waals surface area contributed by atoms with Crippen LogP contribution in [0.15, 0.2) is 0 Å². The Morgan fingerprint density at radius 2 is 2.00 bits per heavy atom. The molecule has 1 saturated heterocycles. The molecule has 0 spiro atoms. The molecule has 1 saturated carbocycles. The molecule has 2 fully saturated rings. The van der Waals surface area contributed by atoms with Crippen molar-refractivity contribution < 1.29 is 0 Å². The average Bonchev–Trinajstić information content (AvgIpc) is 3.15. The van der Waals surface area contributed by atoms with Gasteiger partial charge in [0, 0.05) is 45.1 Å². The molecule has 0 bridgehead atoms. The minimum Gasteiger partial charge on any atom is -0.344 e. The first-order valence-electron chi connectivity index (χ1n) is 6.61. The lowest BCUT2D eigenvalue weighted by atomic mass is 10.3. The number of anilines is 1. The zero-order valence-electron chi connectivity index (χ0n) is 10.5. The number of hydrogen-bond acceptors (Lipinski definition) is 5. The molecule has 2 heterocycles. The van der Waals surface area contributed by atoms with Gasteiger partial charge in [0.15, 0.2) is 0 Å². The van der Waals surface area contributed by atoms with Crippen LogP contribution in [0.3, 0.4) is 0 Å². The first kappa shape index (κ1) is 11.9. The third kappa shape index (κ3) is 2.65. The van der Waals surface area contributed by atoms with Gasteiger partial charge in [-0.05, 0) is 12.8 Å². The lowest BCUT2D eigenvalue weighted by molar-refractivity contribution is 0.263. The average molecular weight is 262 g/mol. The fraction of sp³-hybridized carbons (Fsp3) is 0.692. The summed E-state index contributed by atoms with van der Waals surface area (Å²) < 4.78 is 0. The second kappa shape index (κ2) is 5.25. The van der Waals surface area contributed by atoms with E-state index < -0.39 is 0 Å². The summed E-state index contributed by atoms with van der Waals surface area (Å²) in [5.74, 6) is 3.42. The van der Waals surface area contributed by atoms with Crippen molar-refractivity contribution in [1.82, 2.24) is 15.1 Å². The predicted octanol–water partition coefficient (Wildman–Crippen LogP) is 1.56. The van der Waals surface area contributed by atoms with Crippen molar-refractivity contribution in [3.05, 3.63) is 5.01 Å². The van der Waals surface area contributed by atoms with Gasteiger partial charge in [0.25, 0.3) is 0 Å². The van der Waals surface area contributed by atoms with E-state index in [9.17, 15) is 0 Å². The molecule has 1 aromatic heterocycles. The topological polar surface area (TPSA) is 32.3 Å². The molecule has 1 aliphatic carbocycles. The summed E-state index contributed by atoms with van der Waals surface area (Å²) >= 11 is 1.78. The van der Waals surface area contributed by atoms with E-state index in [-0.39, 0.29) is 0 Å². The largest absolute Gasteiger partial charge is 0.344 e. The Morgan fingerprint density at radius 3 is 2.67 bits per heavy atom. The fourth-order valence-electron chi connectivity index (χ4n) is 2.23. The minimum atomic E-state index is 0.716. The van der Waals surface area contributed by atoms with Crippen molar-refractivity contribution in [3.63, 3.8) is 0 Å². The molecule has 0 aromatic carbocycles. The molecule has 18 heavy (non-hydrogen) atoms. The monoisotopic (exact) mass is 262 g/mol. The Hall–Kier alpha value is -1.12. The maximum absolute atomic E-state index is 5.30. The summed E-state index contributed by atoms with van der Waals surface area (Å²) in [5.41, 5.74) is 0. The Bertz CT molecular complexity index is 438. The van der Waals surface area contributed by atoms with Gasteiger partial charge in [-0.2, -0.15) is 0 Å². The first-order chi connectivity index (χ1) is 8.86. The molecule has 3 rings (SSSR count). The van der Waals surface area contributed by atoms with Crippen molar-refractivity contribution >= 4 is 16.5 Å². The van der Waals surface area contributed by atoms with Gasteiger partial charge in [-0.3, -0.25) is 4.90 Å². The number of piperazine rings is 1. The Balaban J connectivity index is 1.53. The highest BCUT2D eigenvalue weighted by molar-refractivity contribution is 7.15. The van der Waals surface area contributed by atoms with Crippen LogP contribution in [0, 0.1) is 12.3 Å². The Kier molecular flexibility index (Phi) is 3.48. The van der Waals surface area contributed by atoms with Gasteiger partial charge in [0.2, 0.25) is 5.13 Å². The second-order valence-electron chi connectivity index (χ2n) is 4.98. The van der Waals surface area contributed by atoms with E-state index in [0.717, 1.165) is 44.3 Å². The molecule has 0 radical (unpaired) electrons. The molecule has 0 atom stereocenters. The highest BCUT2D eigenvalue weighted by Gasteiger charge is 2.29. The number of aromatic nitrogens is 2. The van der Waals surface area contributed by atoms with Gasteiger partial charge < -0.3 is 4.90 Å². The van der Waals surface area contributed by atoms with Crippen molar-refractivity contribution in [1.29, 1.82) is 0 Å². The van der Waals surface area contributed by atoms with Gasteiger partial charge >= 0.3 is 0 Å². The van der Waals surface area contributed by atoms with Crippen LogP contribution in [0.4, 0.5) is 5.13 Å². The fourth-order valence-corrected chi connectivity index (χ4v) is 3.30. The molecule has 0 unspecified atom stereocenters. The molecule has 96 valence electrons. The van der Waals surface area contributed by atoms with Gasteiger partial charge in [-0.25, -0.2) is 0 Å². The van der Waals surface area contributed by atoms with Crippen LogP contribution in [0.5, 0.6) is 0 Å². The molecule has 0 N–H and O–H groups in total. The van der Waals surface area contributed by atoms with E-state index in [1.165, 1.54) is 17.8 Å². The third-order valence-electron chi connectivity index (χ3n) is 3.57. The quantitative estimate of drug-likeness (QED) is 0.771. The van der Waals surface area contributed by atoms with Crippen LogP contribution in [0.2, 0.25) is 0 Å². The van der Waals surface area contributed by atoms with Crippen molar-refractivity contribution in [2.24, 2.45) is 0 Å². The molecule has 0 amide bonds. The van der Waals surface area contributed by atoms with Gasteiger partial charge in [-0.1, -0.05) is 11.3 Å². The molecular weight excluding hydrogens is 244 g/mol. The Morgan fingerprint density at radius 1 is 1.22 bits per heavy atom. The molecule has 4 nitrogen and oxygen atoms in total. The minimum absolute atomic E-state index is 0.716. The van der Waals surface area contributed by atoms with Crippen LogP contribution in [-0.2, 0) is 0 Å². The van der Waals surface area contributed by atoms with Crippen molar-refractivity contribution in [3.8, 4) is 12.3 Å². The van der Waals surface area contributed by atoms with E-state index in [2.05, 4.69) is 25.9 Å². The molecule has 1 aliphatic heterocycles. The van der Waals surface area contributed by atoms with E-state index in [4.69, 9.17) is 6.42 Å². The third-order valence-corrected chi connectivity index (χ3v) is 4.72. The van der Waals surface area contributed by atoms with Crippen LogP contribution in [-0.4, -0.2) is 47.8 Å². The van der Waals surface area contributed by atoms with Crippen molar-refractivity contribution in [2.75, 3.05) is 37.6 Å². The van der Waals surface area contributed by atoms with E-state index in [0.29, 0.717) is 5.92 Å². The summed E-state index contributed by atoms with van der Waals surface area (Å²) in [6.45, 7) is 5.28. The van der Waals surface area contributed by atoms with Crippen LogP contribution in [0.25, 0.3) is 0 Å². The maximum Gasteiger partial charge on any atom is 0.208 e. The first-order valence-corrected chi connectivity index (χ1v) is 7.42. The second-order valence-corrected chi connectivity index (χ2v) is 5.97. The number of rotatable bonds is 4. The molecule has 1 aromatic rings. The molecule has 5 heteroatoms. The summed E-state index contributed by atoms with van der Waals surface area (Å²) in [4.78, 5) is 4.79. The van der Waals surface area contributed by atoms with E-state index >= 15 is 0 Å². The highest BCUT2D eigenvalue weighted by atomic mass is 32.1. The standard InChI is InChI=1S/C13H18N4S/c1-2-3-6-16-7-9-17(10-8-16)13-15-14-12(18-13)11-4-5-11/h1,11H,3-10H2. The van der Waals surface area contributed by atoms with Crippen LogP contribution >= 0.6 is 11.3 Å². The summed E-state index contributed by atoms with van der Waals surface area (Å²) in [7, 11) is 0. The van der Waals surface area contributed by atoms with Gasteiger partial charge in [0.05, 0.1) is 0 Å². The predicted molar refractivity (Wildman–Crippen MR) is 74.0 cm³/mol. The van der Waals surface area contributed by atoms with E-state index in [1.54, 1.807) is 11.3 Å². The maximum atomic E-state index is 5.30. The summed E-state index contributed by atoms with van der Waals surface area (Å²) in [6, 6.07) is 0. The number of terminal acetylenes is 1. The molecular formula is C13H18N4S. The van der Waals surface area contributed by atoms with Crippen molar-refractivity contribution in [2.45, 2.75) is 25.2 Å². The van der Waals surface area contributed by atoms with Crippen LogP contribution < -0.4 is 4.90 Å². The van der Waals surface area contributed by atoms with Gasteiger partial charge in [0.1, 0.15) is 5.01 Å². The summed E-state index contributed by atoms with van der Waals surface area (Å²) in [5, 5.41) is 11.0. The smallest absolute Gasteiger partial charge is 0.208 e. The van der Waals surface area contributed by atoms with Crippen LogP contribution in [0.1, 0.15) is 30.2 Å². The zero-order chi connectivity index (χ0) is 12.4. The lowest BCUT2D eigenvalue weighted by Crippen LogP contribution is -2.46. The highest BCUT2D eigenvalue weighted by Crippen LogP contribution is 2.42. The van der Waals surface area contributed by atoms with Gasteiger partial charge in [-0.15, -0.1) is 22.5 Å². The van der Waals surface area contributed by atoms with E-state index in [1.807, 2.05) is 0 Å². The summed E-state index contributed by atoms with van der Waals surface area (Å²) in [6.07, 6.45) is 8.75. The molecule has 2 aliphatic rings. The normalized spacial score (nSPS) is 20.9. The zero-order valence-corrected chi connectivity index (χ0v) is 11.3. The SMILES string of the molecule is C#CCCN1CCN(c2nnc(C3CC3)s2)CC1. The lowest BCUT2D eigenvalue weighted by Gasteiger charge is -2.33. The number of nitrogens with zero attached hydrogens (tertiary/aromatic N) is 4. The number of hydrogen-bond donors (Lipinski definition) is 0.